The van der Waals surface area contributed by atoms with Crippen LogP contribution in [0.1, 0.15) is 85.7 Å². The molecule has 3 amide bonds. The highest BCUT2D eigenvalue weighted by Crippen LogP contribution is 2.19. The van der Waals surface area contributed by atoms with Gasteiger partial charge in [-0.1, -0.05) is 65.0 Å². The highest BCUT2D eigenvalue weighted by Gasteiger charge is 2.35. The molecule has 2 aromatic rings. The molecule has 0 aromatic heterocycles. The SMILES string of the molecule is CCCN(CCC)C(=O)c1cc(C)cc(C(=O)N[C@@H](CC(C)C)[C@@H](O)[C@H](O)[C@@H](C)C(=O)NCc2ccccc2)c1. The number of carbonyl (C=O) groups excluding carboxylic acids is 3. The van der Waals surface area contributed by atoms with Crippen molar-refractivity contribution in [1.82, 2.24) is 15.5 Å². The molecule has 220 valence electrons. The summed E-state index contributed by atoms with van der Waals surface area (Å²) in [6, 6.07) is 13.7. The van der Waals surface area contributed by atoms with Crippen molar-refractivity contribution in [2.24, 2.45) is 11.8 Å². The molecule has 4 atom stereocenters. The Balaban J connectivity index is 2.17. The summed E-state index contributed by atoms with van der Waals surface area (Å²) in [5.41, 5.74) is 2.44. The molecule has 0 saturated heterocycles. The fourth-order valence-electron chi connectivity index (χ4n) is 4.75. The third kappa shape index (κ3) is 9.75. The van der Waals surface area contributed by atoms with Gasteiger partial charge in [0.05, 0.1) is 18.1 Å². The van der Waals surface area contributed by atoms with Crippen LogP contribution >= 0.6 is 0 Å². The maximum atomic E-state index is 13.4. The molecule has 4 N–H and O–H groups in total. The number of rotatable bonds is 15. The first-order valence-corrected chi connectivity index (χ1v) is 14.4. The standard InChI is InChI=1S/C32H47N3O5/c1-7-14-35(15-8-2)32(40)26-18-22(5)17-25(19-26)31(39)34-27(16-21(3)4)29(37)28(36)23(6)30(38)33-20-24-12-10-9-11-13-24/h9-13,17-19,21,23,27-29,36-37H,7-8,14-16,20H2,1-6H3,(H,33,38)(H,34,39)/t23-,27+,28-,29-/m1/s1. The second kappa shape index (κ2) is 16.1. The molecule has 40 heavy (non-hydrogen) atoms. The zero-order valence-electron chi connectivity index (χ0n) is 24.8. The summed E-state index contributed by atoms with van der Waals surface area (Å²) in [4.78, 5) is 41.1. The van der Waals surface area contributed by atoms with Crippen LogP contribution in [0, 0.1) is 18.8 Å². The first kappa shape index (κ1) is 33.0. The second-order valence-corrected chi connectivity index (χ2v) is 11.1. The number of nitrogens with one attached hydrogen (secondary N) is 2. The third-order valence-electron chi connectivity index (χ3n) is 6.90. The minimum atomic E-state index is -1.40. The van der Waals surface area contributed by atoms with Gasteiger partial charge in [0, 0.05) is 30.8 Å². The van der Waals surface area contributed by atoms with Gasteiger partial charge < -0.3 is 25.7 Å². The molecular formula is C32H47N3O5. The van der Waals surface area contributed by atoms with Crippen molar-refractivity contribution in [2.75, 3.05) is 13.1 Å². The fraction of sp³-hybridized carbons (Fsp3) is 0.531. The van der Waals surface area contributed by atoms with Gasteiger partial charge in [-0.05, 0) is 61.4 Å². The second-order valence-electron chi connectivity index (χ2n) is 11.1. The molecule has 0 heterocycles. The summed E-state index contributed by atoms with van der Waals surface area (Å²) in [6.45, 7) is 12.9. The zero-order chi connectivity index (χ0) is 29.8. The lowest BCUT2D eigenvalue weighted by Gasteiger charge is -2.31. The summed E-state index contributed by atoms with van der Waals surface area (Å²) in [7, 11) is 0. The molecule has 8 nitrogen and oxygen atoms in total. The minimum absolute atomic E-state index is 0.0978. The summed E-state index contributed by atoms with van der Waals surface area (Å²) < 4.78 is 0. The molecule has 0 spiro atoms. The number of benzene rings is 2. The maximum absolute atomic E-state index is 13.4. The quantitative estimate of drug-likeness (QED) is 0.265. The van der Waals surface area contributed by atoms with Crippen LogP contribution in [0.25, 0.3) is 0 Å². The molecule has 0 radical (unpaired) electrons. The molecule has 0 aliphatic rings. The van der Waals surface area contributed by atoms with Crippen LogP contribution in [0.2, 0.25) is 0 Å². The van der Waals surface area contributed by atoms with Crippen molar-refractivity contribution < 1.29 is 24.6 Å². The molecule has 0 fully saturated rings. The average Bonchev–Trinajstić information content (AvgIpc) is 2.93. The largest absolute Gasteiger partial charge is 0.390 e. The van der Waals surface area contributed by atoms with Gasteiger partial charge in [-0.3, -0.25) is 14.4 Å². The molecule has 0 bridgehead atoms. The van der Waals surface area contributed by atoms with Gasteiger partial charge in [-0.15, -0.1) is 0 Å². The Morgan fingerprint density at radius 3 is 2.05 bits per heavy atom. The Bertz CT molecular complexity index is 1100. The predicted octanol–water partition coefficient (Wildman–Crippen LogP) is 4.08. The van der Waals surface area contributed by atoms with Gasteiger partial charge in [0.1, 0.15) is 6.10 Å². The van der Waals surface area contributed by atoms with E-state index in [1.807, 2.05) is 65.0 Å². The molecule has 2 rings (SSSR count). The van der Waals surface area contributed by atoms with Gasteiger partial charge >= 0.3 is 0 Å². The molecule has 0 aliphatic carbocycles. The summed E-state index contributed by atoms with van der Waals surface area (Å²) in [6.07, 6.45) is -0.707. The number of carbonyl (C=O) groups is 3. The monoisotopic (exact) mass is 553 g/mol. The molecule has 0 unspecified atom stereocenters. The van der Waals surface area contributed by atoms with Crippen LogP contribution in [0.3, 0.4) is 0 Å². The van der Waals surface area contributed by atoms with E-state index in [-0.39, 0.29) is 11.8 Å². The van der Waals surface area contributed by atoms with Gasteiger partial charge in [0.15, 0.2) is 0 Å². The Morgan fingerprint density at radius 2 is 1.48 bits per heavy atom. The van der Waals surface area contributed by atoms with Crippen LogP contribution in [-0.2, 0) is 11.3 Å². The summed E-state index contributed by atoms with van der Waals surface area (Å²) in [5, 5.41) is 27.7. The van der Waals surface area contributed by atoms with Crippen molar-refractivity contribution in [2.45, 2.75) is 85.6 Å². The Kier molecular flexibility index (Phi) is 13.3. The number of hydrogen-bond acceptors (Lipinski definition) is 5. The van der Waals surface area contributed by atoms with E-state index in [1.54, 1.807) is 30.0 Å². The van der Waals surface area contributed by atoms with Crippen molar-refractivity contribution in [3.05, 3.63) is 70.8 Å². The summed E-state index contributed by atoms with van der Waals surface area (Å²) in [5.74, 6) is -1.77. The highest BCUT2D eigenvalue weighted by molar-refractivity contribution is 6.00. The van der Waals surface area contributed by atoms with E-state index < -0.39 is 36.0 Å². The molecule has 0 aliphatic heterocycles. The molecule has 8 heteroatoms. The Labute approximate surface area is 239 Å². The van der Waals surface area contributed by atoms with E-state index in [9.17, 15) is 24.6 Å². The molecule has 0 saturated carbocycles. The minimum Gasteiger partial charge on any atom is -0.390 e. The van der Waals surface area contributed by atoms with E-state index in [0.717, 1.165) is 24.0 Å². The zero-order valence-corrected chi connectivity index (χ0v) is 24.8. The van der Waals surface area contributed by atoms with Gasteiger partial charge in [-0.25, -0.2) is 0 Å². The van der Waals surface area contributed by atoms with E-state index in [1.165, 1.54) is 0 Å². The van der Waals surface area contributed by atoms with Crippen LogP contribution in [0.4, 0.5) is 0 Å². The number of aryl methyl sites for hydroxylation is 1. The van der Waals surface area contributed by atoms with Crippen molar-refractivity contribution >= 4 is 17.7 Å². The predicted molar refractivity (Wildman–Crippen MR) is 158 cm³/mol. The average molecular weight is 554 g/mol. The van der Waals surface area contributed by atoms with Crippen molar-refractivity contribution in [3.63, 3.8) is 0 Å². The van der Waals surface area contributed by atoms with E-state index in [4.69, 9.17) is 0 Å². The van der Waals surface area contributed by atoms with Crippen LogP contribution in [-0.4, -0.2) is 64.2 Å². The van der Waals surface area contributed by atoms with Crippen molar-refractivity contribution in [3.8, 4) is 0 Å². The van der Waals surface area contributed by atoms with Gasteiger partial charge in [0.25, 0.3) is 11.8 Å². The third-order valence-corrected chi connectivity index (χ3v) is 6.90. The lowest BCUT2D eigenvalue weighted by Crippen LogP contribution is -2.52. The Morgan fingerprint density at radius 1 is 0.875 bits per heavy atom. The lowest BCUT2D eigenvalue weighted by molar-refractivity contribution is -0.132. The van der Waals surface area contributed by atoms with Gasteiger partial charge in [0.2, 0.25) is 5.91 Å². The lowest BCUT2D eigenvalue weighted by atomic mass is 9.89. The number of amides is 3. The first-order valence-electron chi connectivity index (χ1n) is 14.4. The van der Waals surface area contributed by atoms with Crippen LogP contribution in [0.5, 0.6) is 0 Å². The van der Waals surface area contributed by atoms with Gasteiger partial charge in [-0.2, -0.15) is 0 Å². The topological polar surface area (TPSA) is 119 Å². The van der Waals surface area contributed by atoms with Crippen LogP contribution < -0.4 is 10.6 Å². The molecular weight excluding hydrogens is 506 g/mol. The van der Waals surface area contributed by atoms with E-state index >= 15 is 0 Å². The number of aliphatic hydroxyl groups excluding tert-OH is 2. The van der Waals surface area contributed by atoms with E-state index in [0.29, 0.717) is 37.2 Å². The van der Waals surface area contributed by atoms with E-state index in [2.05, 4.69) is 10.6 Å². The molecule has 2 aromatic carbocycles. The Hall–Kier alpha value is -3.23. The van der Waals surface area contributed by atoms with Crippen LogP contribution in [0.15, 0.2) is 48.5 Å². The summed E-state index contributed by atoms with van der Waals surface area (Å²) >= 11 is 0. The smallest absolute Gasteiger partial charge is 0.253 e. The number of aliphatic hydroxyl groups is 2. The number of hydrogen-bond donors (Lipinski definition) is 4. The highest BCUT2D eigenvalue weighted by atomic mass is 16.3. The fourth-order valence-corrected chi connectivity index (χ4v) is 4.75. The maximum Gasteiger partial charge on any atom is 0.253 e. The first-order chi connectivity index (χ1) is 19.0. The normalized spacial score (nSPS) is 14.2. The number of nitrogens with zero attached hydrogens (tertiary/aromatic N) is 1. The van der Waals surface area contributed by atoms with Crippen molar-refractivity contribution in [1.29, 1.82) is 0 Å².